The lowest BCUT2D eigenvalue weighted by atomic mass is 9.49. The van der Waals surface area contributed by atoms with Crippen LogP contribution in [0, 0.1) is 29.1 Å². The summed E-state index contributed by atoms with van der Waals surface area (Å²) in [6.07, 6.45) is 1.74. The molecule has 2 N–H and O–H groups in total. The van der Waals surface area contributed by atoms with E-state index in [2.05, 4.69) is 10.9 Å². The normalized spacial score (nSPS) is 31.3. The maximum absolute atomic E-state index is 13.3. The van der Waals surface area contributed by atoms with E-state index in [1.54, 1.807) is 0 Å². The fraction of sp³-hybridized carbons (Fsp3) is 0.667. The van der Waals surface area contributed by atoms with Crippen molar-refractivity contribution in [3.8, 4) is 0 Å². The van der Waals surface area contributed by atoms with Gasteiger partial charge in [0.15, 0.2) is 0 Å². The molecule has 4 aliphatic carbocycles. The van der Waals surface area contributed by atoms with Gasteiger partial charge in [0.1, 0.15) is 0 Å². The number of sulfonamides is 1. The van der Waals surface area contributed by atoms with Crippen molar-refractivity contribution in [3.05, 3.63) is 29.8 Å². The Labute approximate surface area is 202 Å². The van der Waals surface area contributed by atoms with Gasteiger partial charge >= 0.3 is 6.18 Å². The molecule has 2 amide bonds. The van der Waals surface area contributed by atoms with Crippen molar-refractivity contribution in [2.75, 3.05) is 13.1 Å². The summed E-state index contributed by atoms with van der Waals surface area (Å²) in [6.45, 7) is -0.148. The first-order valence-corrected chi connectivity index (χ1v) is 13.7. The lowest BCUT2D eigenvalue weighted by Crippen LogP contribution is -2.57. The number of rotatable bonds is 4. The van der Waals surface area contributed by atoms with Gasteiger partial charge in [0.05, 0.1) is 15.9 Å². The van der Waals surface area contributed by atoms with Gasteiger partial charge in [0.2, 0.25) is 21.8 Å². The number of carbonyl (C=O) groups is 2. The van der Waals surface area contributed by atoms with Gasteiger partial charge in [-0.25, -0.2) is 8.42 Å². The second kappa shape index (κ2) is 8.76. The van der Waals surface area contributed by atoms with E-state index in [-0.39, 0.29) is 31.8 Å². The Morgan fingerprint density at radius 1 is 0.914 bits per heavy atom. The Morgan fingerprint density at radius 3 is 2.00 bits per heavy atom. The first kappa shape index (κ1) is 24.5. The van der Waals surface area contributed by atoms with Crippen LogP contribution in [0.25, 0.3) is 0 Å². The van der Waals surface area contributed by atoms with Gasteiger partial charge in [0, 0.05) is 19.0 Å². The van der Waals surface area contributed by atoms with Crippen LogP contribution in [0.4, 0.5) is 13.2 Å². The highest BCUT2D eigenvalue weighted by Gasteiger charge is 2.54. The van der Waals surface area contributed by atoms with E-state index in [0.717, 1.165) is 41.8 Å². The predicted octanol–water partition coefficient (Wildman–Crippen LogP) is 3.47. The van der Waals surface area contributed by atoms with E-state index in [9.17, 15) is 31.2 Å². The molecule has 5 fully saturated rings. The van der Waals surface area contributed by atoms with Crippen LogP contribution in [-0.4, -0.2) is 37.6 Å². The summed E-state index contributed by atoms with van der Waals surface area (Å²) >= 11 is 0. The Bertz CT molecular complexity index is 1080. The molecule has 11 heteroatoms. The van der Waals surface area contributed by atoms with Crippen LogP contribution in [0.3, 0.4) is 0 Å². The van der Waals surface area contributed by atoms with Crippen LogP contribution >= 0.6 is 0 Å². The summed E-state index contributed by atoms with van der Waals surface area (Å²) < 4.78 is 66.8. The third-order valence-electron chi connectivity index (χ3n) is 8.45. The molecule has 1 aliphatic heterocycles. The molecule has 0 atom stereocenters. The molecule has 0 radical (unpaired) electrons. The standard InChI is InChI=1S/C24H30F3N3O4S/c25-24(26,27)19-3-1-2-4-20(19)35(33,34)30-7-5-18(6-8-30)21(31)28-29-22(32)23-12-15-9-16(13-23)11-17(10-15)14-23/h1-4,15-18H,5-14H2,(H,28,31)(H,29,32). The Kier molecular flexibility index (Phi) is 6.14. The SMILES string of the molecule is O=C(NNC(=O)C12CC3CC(CC(C3)C1)C2)C1CCN(S(=O)(=O)c2ccccc2C(F)(F)F)CC1. The van der Waals surface area contributed by atoms with E-state index in [0.29, 0.717) is 17.8 Å². The van der Waals surface area contributed by atoms with Crippen LogP contribution < -0.4 is 10.9 Å². The number of amides is 2. The topological polar surface area (TPSA) is 95.6 Å². The fourth-order valence-corrected chi connectivity index (χ4v) is 8.85. The first-order chi connectivity index (χ1) is 16.5. The van der Waals surface area contributed by atoms with Gasteiger partial charge in [-0.2, -0.15) is 17.5 Å². The molecule has 0 spiro atoms. The minimum absolute atomic E-state index is 0.0739. The summed E-state index contributed by atoms with van der Waals surface area (Å²) in [4.78, 5) is 25.0. The average molecular weight is 514 g/mol. The molecular formula is C24H30F3N3O4S. The minimum Gasteiger partial charge on any atom is -0.273 e. The molecule has 5 aliphatic rings. The summed E-state index contributed by atoms with van der Waals surface area (Å²) in [7, 11) is -4.36. The van der Waals surface area contributed by atoms with Crippen molar-refractivity contribution in [3.63, 3.8) is 0 Å². The Balaban J connectivity index is 1.17. The van der Waals surface area contributed by atoms with Gasteiger partial charge < -0.3 is 0 Å². The second-order valence-corrected chi connectivity index (χ2v) is 12.7. The molecule has 4 saturated carbocycles. The number of hydrogen-bond donors (Lipinski definition) is 2. The van der Waals surface area contributed by atoms with Crippen LogP contribution in [0.5, 0.6) is 0 Å². The number of piperidine rings is 1. The molecule has 35 heavy (non-hydrogen) atoms. The molecule has 1 aromatic carbocycles. The molecule has 192 valence electrons. The van der Waals surface area contributed by atoms with Crippen LogP contribution in [-0.2, 0) is 25.8 Å². The van der Waals surface area contributed by atoms with E-state index >= 15 is 0 Å². The highest BCUT2D eigenvalue weighted by molar-refractivity contribution is 7.89. The average Bonchev–Trinajstić information content (AvgIpc) is 2.81. The summed E-state index contributed by atoms with van der Waals surface area (Å²) in [6, 6.07) is 4.11. The Hall–Kier alpha value is -2.14. The van der Waals surface area contributed by atoms with Gasteiger partial charge in [-0.3, -0.25) is 20.4 Å². The van der Waals surface area contributed by atoms with Gasteiger partial charge in [0.25, 0.3) is 0 Å². The van der Waals surface area contributed by atoms with Crippen molar-refractivity contribution in [1.29, 1.82) is 0 Å². The smallest absolute Gasteiger partial charge is 0.273 e. The number of halogens is 3. The third-order valence-corrected chi connectivity index (χ3v) is 10.4. The quantitative estimate of drug-likeness (QED) is 0.603. The molecule has 7 nitrogen and oxygen atoms in total. The molecule has 1 saturated heterocycles. The fourth-order valence-electron chi connectivity index (χ4n) is 7.16. The predicted molar refractivity (Wildman–Crippen MR) is 120 cm³/mol. The Morgan fingerprint density at radius 2 is 1.46 bits per heavy atom. The largest absolute Gasteiger partial charge is 0.417 e. The van der Waals surface area contributed by atoms with Crippen LogP contribution in [0.1, 0.15) is 56.9 Å². The van der Waals surface area contributed by atoms with Crippen molar-refractivity contribution < 1.29 is 31.2 Å². The zero-order chi connectivity index (χ0) is 25.0. The molecule has 0 unspecified atom stereocenters. The van der Waals surface area contributed by atoms with Crippen molar-refractivity contribution in [2.45, 2.75) is 62.4 Å². The van der Waals surface area contributed by atoms with E-state index in [1.807, 2.05) is 0 Å². The summed E-state index contributed by atoms with van der Waals surface area (Å²) in [5, 5.41) is 0. The van der Waals surface area contributed by atoms with Crippen molar-refractivity contribution in [2.24, 2.45) is 29.1 Å². The number of hydrazine groups is 1. The van der Waals surface area contributed by atoms with Crippen molar-refractivity contribution >= 4 is 21.8 Å². The summed E-state index contributed by atoms with van der Waals surface area (Å²) in [5.74, 6) is 0.727. The maximum atomic E-state index is 13.3. The monoisotopic (exact) mass is 513 g/mol. The van der Waals surface area contributed by atoms with E-state index in [4.69, 9.17) is 0 Å². The van der Waals surface area contributed by atoms with E-state index < -0.39 is 43.9 Å². The number of alkyl halides is 3. The molecule has 6 rings (SSSR count). The first-order valence-electron chi connectivity index (χ1n) is 12.2. The van der Waals surface area contributed by atoms with Crippen LogP contribution in [0.15, 0.2) is 29.2 Å². The number of carbonyl (C=O) groups excluding carboxylic acids is 2. The second-order valence-electron chi connectivity index (χ2n) is 10.8. The number of benzene rings is 1. The maximum Gasteiger partial charge on any atom is 0.417 e. The van der Waals surface area contributed by atoms with E-state index in [1.165, 1.54) is 25.3 Å². The minimum atomic E-state index is -4.79. The lowest BCUT2D eigenvalue weighted by Gasteiger charge is -2.55. The van der Waals surface area contributed by atoms with Gasteiger partial charge in [-0.15, -0.1) is 0 Å². The molecule has 0 aromatic heterocycles. The zero-order valence-corrected chi connectivity index (χ0v) is 20.1. The third kappa shape index (κ3) is 4.57. The molecular weight excluding hydrogens is 483 g/mol. The van der Waals surface area contributed by atoms with Gasteiger partial charge in [-0.05, 0) is 81.3 Å². The zero-order valence-electron chi connectivity index (χ0n) is 19.3. The highest BCUT2D eigenvalue weighted by Crippen LogP contribution is 2.60. The van der Waals surface area contributed by atoms with Crippen LogP contribution in [0.2, 0.25) is 0 Å². The summed E-state index contributed by atoms with van der Waals surface area (Å²) in [5.41, 5.74) is 3.57. The highest BCUT2D eigenvalue weighted by atomic mass is 32.2. The molecule has 1 heterocycles. The lowest BCUT2D eigenvalue weighted by molar-refractivity contribution is -0.149. The molecule has 1 aromatic rings. The van der Waals surface area contributed by atoms with Crippen molar-refractivity contribution in [1.82, 2.24) is 15.2 Å². The van der Waals surface area contributed by atoms with Gasteiger partial charge in [-0.1, -0.05) is 12.1 Å². The number of nitrogens with one attached hydrogen (secondary N) is 2. The molecule has 4 bridgehead atoms. The number of hydrogen-bond acceptors (Lipinski definition) is 4. The number of nitrogens with zero attached hydrogens (tertiary/aromatic N) is 1.